The fourth-order valence-electron chi connectivity index (χ4n) is 1.13. The second-order valence-electron chi connectivity index (χ2n) is 2.53. The molecule has 0 aromatic heterocycles. The SMILES string of the molecule is ClCCC1=C=C[C]2OCOC2=C1.[Cl-].[Zn]. The van der Waals surface area contributed by atoms with Gasteiger partial charge in [-0.2, -0.15) is 0 Å². The molecule has 0 atom stereocenters. The van der Waals surface area contributed by atoms with E-state index in [0.717, 1.165) is 23.9 Å². The van der Waals surface area contributed by atoms with Gasteiger partial charge in [-0.1, -0.05) is 0 Å². The Morgan fingerprint density at radius 3 is 2.93 bits per heavy atom. The molecule has 73 valence electrons. The molecule has 0 aromatic rings. The molecule has 2 aliphatic rings. The molecule has 0 aromatic carbocycles. The van der Waals surface area contributed by atoms with Crippen LogP contribution in [0.4, 0.5) is 0 Å². The van der Waals surface area contributed by atoms with Gasteiger partial charge in [0.25, 0.3) is 0 Å². The van der Waals surface area contributed by atoms with E-state index in [1.807, 2.05) is 6.08 Å². The minimum absolute atomic E-state index is 0. The summed E-state index contributed by atoms with van der Waals surface area (Å²) in [5, 5.41) is 0. The minimum atomic E-state index is 0. The van der Waals surface area contributed by atoms with E-state index in [2.05, 4.69) is 5.73 Å². The van der Waals surface area contributed by atoms with Gasteiger partial charge in [0, 0.05) is 31.4 Å². The van der Waals surface area contributed by atoms with E-state index in [1.165, 1.54) is 0 Å². The van der Waals surface area contributed by atoms with Gasteiger partial charge in [-0.3, -0.25) is 0 Å². The van der Waals surface area contributed by atoms with E-state index in [4.69, 9.17) is 21.1 Å². The molecule has 1 aliphatic heterocycles. The molecule has 1 fully saturated rings. The van der Waals surface area contributed by atoms with Crippen LogP contribution in [0.25, 0.3) is 0 Å². The van der Waals surface area contributed by atoms with Crippen molar-refractivity contribution in [2.75, 3.05) is 12.7 Å². The molecule has 0 unspecified atom stereocenters. The molecule has 2 nitrogen and oxygen atoms in total. The first-order valence-electron chi connectivity index (χ1n) is 3.76. The van der Waals surface area contributed by atoms with Gasteiger partial charge >= 0.3 is 0 Å². The number of hydrogen-bond donors (Lipinski definition) is 0. The molecule has 0 bridgehead atoms. The van der Waals surface area contributed by atoms with Crippen LogP contribution < -0.4 is 12.4 Å². The number of allylic oxidation sites excluding steroid dienone is 1. The molecule has 1 radical (unpaired) electrons. The summed E-state index contributed by atoms with van der Waals surface area (Å²) in [5.41, 5.74) is 4.14. The zero-order chi connectivity index (χ0) is 8.39. The summed E-state index contributed by atoms with van der Waals surface area (Å²) in [7, 11) is 0. The van der Waals surface area contributed by atoms with Crippen LogP contribution in [-0.2, 0) is 29.0 Å². The van der Waals surface area contributed by atoms with E-state index < -0.39 is 0 Å². The zero-order valence-electron chi connectivity index (χ0n) is 7.56. The second-order valence-corrected chi connectivity index (χ2v) is 2.91. The Balaban J connectivity index is 0.000000845. The number of ether oxygens (including phenoxy) is 2. The van der Waals surface area contributed by atoms with Crippen LogP contribution >= 0.6 is 11.6 Å². The van der Waals surface area contributed by atoms with Crippen LogP contribution in [0, 0.1) is 6.10 Å². The summed E-state index contributed by atoms with van der Waals surface area (Å²) in [5.74, 6) is 1.41. The monoisotopic (exact) mass is 282 g/mol. The Hall–Kier alpha value is 0.223. The van der Waals surface area contributed by atoms with E-state index >= 15 is 0 Å². The maximum atomic E-state index is 5.59. The van der Waals surface area contributed by atoms with E-state index in [0.29, 0.717) is 12.7 Å². The summed E-state index contributed by atoms with van der Waals surface area (Å²) < 4.78 is 10.3. The van der Waals surface area contributed by atoms with E-state index in [1.54, 1.807) is 6.08 Å². The van der Waals surface area contributed by atoms with Crippen molar-refractivity contribution in [3.05, 3.63) is 35.3 Å². The van der Waals surface area contributed by atoms with Gasteiger partial charge in [-0.05, 0) is 18.1 Å². The number of hydrogen-bond acceptors (Lipinski definition) is 2. The van der Waals surface area contributed by atoms with Gasteiger partial charge in [0.1, 0.15) is 5.76 Å². The first-order chi connectivity index (χ1) is 5.90. The molecule has 0 amide bonds. The van der Waals surface area contributed by atoms with Crippen LogP contribution in [-0.4, -0.2) is 12.7 Å². The molecule has 2 rings (SSSR count). The molecule has 1 heterocycles. The molecule has 0 spiro atoms. The Labute approximate surface area is 107 Å². The van der Waals surface area contributed by atoms with Crippen molar-refractivity contribution >= 4 is 11.6 Å². The number of halogens is 2. The van der Waals surface area contributed by atoms with Crippen molar-refractivity contribution < 1.29 is 41.4 Å². The predicted molar refractivity (Wildman–Crippen MR) is 45.3 cm³/mol. The summed E-state index contributed by atoms with van der Waals surface area (Å²) >= 11 is 5.59. The minimum Gasteiger partial charge on any atom is -1.00 e. The molecule has 5 heteroatoms. The third-order valence-electron chi connectivity index (χ3n) is 1.73. The van der Waals surface area contributed by atoms with Crippen LogP contribution in [0.1, 0.15) is 6.42 Å². The predicted octanol–water partition coefficient (Wildman–Crippen LogP) is -0.868. The normalized spacial score (nSPS) is 18.4. The molecule has 1 aliphatic carbocycles. The average molecular weight is 284 g/mol. The van der Waals surface area contributed by atoms with Crippen molar-refractivity contribution in [3.8, 4) is 0 Å². The number of rotatable bonds is 2. The van der Waals surface area contributed by atoms with E-state index in [-0.39, 0.29) is 31.9 Å². The van der Waals surface area contributed by atoms with Gasteiger partial charge in [0.2, 0.25) is 0 Å². The smallest absolute Gasteiger partial charge is 0.195 e. The van der Waals surface area contributed by atoms with Crippen LogP contribution in [0.5, 0.6) is 0 Å². The summed E-state index contributed by atoms with van der Waals surface area (Å²) in [6.07, 6.45) is 5.31. The topological polar surface area (TPSA) is 18.5 Å². The van der Waals surface area contributed by atoms with Crippen molar-refractivity contribution in [3.63, 3.8) is 0 Å². The standard InChI is InChI=1S/C9H8ClO2.ClH.Zn/c10-4-3-7-1-2-8-9(5-7)12-6-11-8;;/h2,5H,3-4,6H2;1H;/p-1. The largest absolute Gasteiger partial charge is 1.00 e. The van der Waals surface area contributed by atoms with Crippen molar-refractivity contribution in [2.45, 2.75) is 6.42 Å². The van der Waals surface area contributed by atoms with Crippen molar-refractivity contribution in [2.24, 2.45) is 0 Å². The number of fused-ring (bicyclic) bond motifs is 1. The van der Waals surface area contributed by atoms with Crippen molar-refractivity contribution in [1.29, 1.82) is 0 Å². The Morgan fingerprint density at radius 1 is 1.43 bits per heavy atom. The summed E-state index contributed by atoms with van der Waals surface area (Å²) in [4.78, 5) is 0. The van der Waals surface area contributed by atoms with Crippen LogP contribution in [0.3, 0.4) is 0 Å². The molecular weight excluding hydrogens is 276 g/mol. The fraction of sp³-hybridized carbons (Fsp3) is 0.333. The van der Waals surface area contributed by atoms with Gasteiger partial charge in [-0.15, -0.1) is 17.3 Å². The van der Waals surface area contributed by atoms with Crippen LogP contribution in [0.2, 0.25) is 0 Å². The van der Waals surface area contributed by atoms with Gasteiger partial charge in [0.15, 0.2) is 12.9 Å². The van der Waals surface area contributed by atoms with E-state index in [9.17, 15) is 0 Å². The Morgan fingerprint density at radius 2 is 2.21 bits per heavy atom. The van der Waals surface area contributed by atoms with Gasteiger partial charge in [-0.25, -0.2) is 0 Å². The summed E-state index contributed by atoms with van der Waals surface area (Å²) in [6, 6.07) is 0. The molecule has 1 saturated heterocycles. The van der Waals surface area contributed by atoms with Gasteiger partial charge < -0.3 is 21.9 Å². The maximum absolute atomic E-state index is 5.59. The van der Waals surface area contributed by atoms with Crippen LogP contribution in [0.15, 0.2) is 29.2 Å². The molecule has 0 saturated carbocycles. The Kier molecular flexibility index (Phi) is 6.77. The fourth-order valence-corrected chi connectivity index (χ4v) is 1.33. The number of alkyl halides is 1. The van der Waals surface area contributed by atoms with Gasteiger partial charge in [0.05, 0.1) is 0 Å². The Bertz CT molecular complexity index is 283. The average Bonchev–Trinajstić information content (AvgIpc) is 2.51. The second kappa shape index (κ2) is 6.66. The molecule has 0 N–H and O–H groups in total. The third kappa shape index (κ3) is 3.12. The quantitative estimate of drug-likeness (QED) is 0.373. The first-order valence-corrected chi connectivity index (χ1v) is 4.30. The molecule has 14 heavy (non-hydrogen) atoms. The maximum Gasteiger partial charge on any atom is 0.195 e. The van der Waals surface area contributed by atoms with Crippen molar-refractivity contribution in [1.82, 2.24) is 0 Å². The first kappa shape index (κ1) is 14.2. The summed E-state index contributed by atoms with van der Waals surface area (Å²) in [6.45, 7) is 0.313. The zero-order valence-corrected chi connectivity index (χ0v) is 12.0. The molecular formula is C9H8Cl2O2Zn-. The third-order valence-corrected chi connectivity index (χ3v) is 1.92.